The van der Waals surface area contributed by atoms with Crippen molar-refractivity contribution in [2.75, 3.05) is 0 Å². The van der Waals surface area contributed by atoms with Gasteiger partial charge in [0.05, 0.1) is 14.8 Å². The molecule has 0 aliphatic heterocycles. The van der Waals surface area contributed by atoms with Gasteiger partial charge in [-0.05, 0) is 47.2 Å². The molecule has 0 spiro atoms. The number of rotatable bonds is 1. The second-order valence-corrected chi connectivity index (χ2v) is 6.44. The molecule has 2 heterocycles. The van der Waals surface area contributed by atoms with Crippen molar-refractivity contribution in [1.29, 1.82) is 0 Å². The Balaban J connectivity index is 2.34. The van der Waals surface area contributed by atoms with E-state index in [1.807, 2.05) is 19.1 Å². The predicted octanol–water partition coefficient (Wildman–Crippen LogP) is 5.27. The van der Waals surface area contributed by atoms with E-state index < -0.39 is 0 Å². The molecule has 1 aromatic carbocycles. The molecule has 0 bridgehead atoms. The van der Waals surface area contributed by atoms with E-state index in [0.29, 0.717) is 26.5 Å². The third-order valence-electron chi connectivity index (χ3n) is 2.90. The third-order valence-corrected chi connectivity index (χ3v) is 5.04. The molecule has 0 saturated heterocycles. The summed E-state index contributed by atoms with van der Waals surface area (Å²) in [4.78, 5) is 4.40. The first-order valence-electron chi connectivity index (χ1n) is 5.65. The van der Waals surface area contributed by atoms with Gasteiger partial charge in [0, 0.05) is 5.02 Å². The quantitative estimate of drug-likeness (QED) is 0.383. The minimum atomic E-state index is 0.350. The summed E-state index contributed by atoms with van der Waals surface area (Å²) < 4.78 is 2.54. The Morgan fingerprint density at radius 1 is 1.10 bits per heavy atom. The van der Waals surface area contributed by atoms with Crippen LogP contribution in [0.4, 0.5) is 0 Å². The van der Waals surface area contributed by atoms with Crippen LogP contribution in [0.15, 0.2) is 24.3 Å². The van der Waals surface area contributed by atoms with Crippen molar-refractivity contribution in [3.05, 3.63) is 48.9 Å². The summed E-state index contributed by atoms with van der Waals surface area (Å²) in [6.45, 7) is 1.91. The van der Waals surface area contributed by atoms with E-state index in [2.05, 4.69) is 32.7 Å². The summed E-state index contributed by atoms with van der Waals surface area (Å²) >= 11 is 20.8. The minimum absolute atomic E-state index is 0.350. The van der Waals surface area contributed by atoms with Gasteiger partial charge in [-0.15, -0.1) is 0 Å². The standard InChI is InChI=1S/C13H7Cl3IN3/c1-6-10(17)13-18-11(15)9(12(16)20(13)19-6)7-2-4-8(14)5-3-7/h2-5H,1H3. The Bertz CT molecular complexity index is 812. The molecule has 0 unspecified atom stereocenters. The molecule has 0 radical (unpaired) electrons. The topological polar surface area (TPSA) is 30.2 Å². The molecule has 0 aliphatic rings. The van der Waals surface area contributed by atoms with E-state index in [0.717, 1.165) is 14.8 Å². The average molecular weight is 438 g/mol. The number of hydrogen-bond donors (Lipinski definition) is 0. The van der Waals surface area contributed by atoms with Crippen molar-refractivity contribution >= 4 is 63.0 Å². The number of halogens is 4. The van der Waals surface area contributed by atoms with Crippen molar-refractivity contribution in [3.8, 4) is 11.1 Å². The van der Waals surface area contributed by atoms with Gasteiger partial charge in [-0.1, -0.05) is 46.9 Å². The lowest BCUT2D eigenvalue weighted by Gasteiger charge is -2.08. The number of fused-ring (bicyclic) bond motifs is 1. The van der Waals surface area contributed by atoms with Crippen LogP contribution < -0.4 is 0 Å². The molecule has 0 fully saturated rings. The second kappa shape index (κ2) is 5.33. The zero-order valence-electron chi connectivity index (χ0n) is 10.2. The maximum atomic E-state index is 6.45. The normalized spacial score (nSPS) is 11.2. The summed E-state index contributed by atoms with van der Waals surface area (Å²) in [6, 6.07) is 7.27. The lowest BCUT2D eigenvalue weighted by atomic mass is 10.1. The molecule has 3 aromatic rings. The monoisotopic (exact) mass is 437 g/mol. The first kappa shape index (κ1) is 14.4. The molecule has 3 rings (SSSR count). The van der Waals surface area contributed by atoms with Gasteiger partial charge in [-0.3, -0.25) is 0 Å². The fraction of sp³-hybridized carbons (Fsp3) is 0.0769. The zero-order chi connectivity index (χ0) is 14.4. The number of aryl methyl sites for hydroxylation is 1. The molecule has 2 aromatic heterocycles. The smallest absolute Gasteiger partial charge is 0.172 e. The highest BCUT2D eigenvalue weighted by Crippen LogP contribution is 2.35. The Hall–Kier alpha value is -0.560. The van der Waals surface area contributed by atoms with E-state index in [4.69, 9.17) is 34.8 Å². The van der Waals surface area contributed by atoms with E-state index in [1.165, 1.54) is 0 Å². The van der Waals surface area contributed by atoms with E-state index >= 15 is 0 Å². The van der Waals surface area contributed by atoms with Crippen LogP contribution in [0.3, 0.4) is 0 Å². The zero-order valence-corrected chi connectivity index (χ0v) is 14.6. The van der Waals surface area contributed by atoms with E-state index in [9.17, 15) is 0 Å². The molecule has 0 amide bonds. The van der Waals surface area contributed by atoms with Crippen molar-refractivity contribution in [3.63, 3.8) is 0 Å². The molecule has 7 heteroatoms. The summed E-state index contributed by atoms with van der Waals surface area (Å²) in [6.07, 6.45) is 0. The fourth-order valence-electron chi connectivity index (χ4n) is 1.92. The summed E-state index contributed by atoms with van der Waals surface area (Å²) in [7, 11) is 0. The van der Waals surface area contributed by atoms with Crippen LogP contribution in [0.25, 0.3) is 16.8 Å². The summed E-state index contributed by atoms with van der Waals surface area (Å²) in [5.41, 5.74) is 3.03. The van der Waals surface area contributed by atoms with Gasteiger partial charge < -0.3 is 0 Å². The Morgan fingerprint density at radius 2 is 1.75 bits per heavy atom. The van der Waals surface area contributed by atoms with Gasteiger partial charge in [0.1, 0.15) is 10.3 Å². The SMILES string of the molecule is Cc1nn2c(Cl)c(-c3ccc(Cl)cc3)c(Cl)nc2c1I. The third kappa shape index (κ3) is 2.28. The first-order valence-corrected chi connectivity index (χ1v) is 7.86. The highest BCUT2D eigenvalue weighted by Gasteiger charge is 2.18. The highest BCUT2D eigenvalue weighted by atomic mass is 127. The van der Waals surface area contributed by atoms with Crippen molar-refractivity contribution < 1.29 is 0 Å². The van der Waals surface area contributed by atoms with Gasteiger partial charge in [0.25, 0.3) is 0 Å². The molecular weight excluding hydrogens is 431 g/mol. The molecule has 20 heavy (non-hydrogen) atoms. The molecule has 0 atom stereocenters. The van der Waals surface area contributed by atoms with Crippen molar-refractivity contribution in [2.45, 2.75) is 6.92 Å². The fourth-order valence-corrected chi connectivity index (χ4v) is 3.15. The molecule has 0 saturated carbocycles. The van der Waals surface area contributed by atoms with Gasteiger partial charge in [-0.2, -0.15) is 5.10 Å². The van der Waals surface area contributed by atoms with Crippen LogP contribution in [0.5, 0.6) is 0 Å². The van der Waals surface area contributed by atoms with Crippen LogP contribution >= 0.6 is 57.4 Å². The second-order valence-electron chi connectivity index (χ2n) is 4.21. The molecule has 102 valence electrons. The van der Waals surface area contributed by atoms with E-state index in [1.54, 1.807) is 16.6 Å². The minimum Gasteiger partial charge on any atom is -0.215 e. The summed E-state index contributed by atoms with van der Waals surface area (Å²) in [5.74, 6) is 0. The van der Waals surface area contributed by atoms with Crippen LogP contribution in [0.2, 0.25) is 15.3 Å². The Kier molecular flexibility index (Phi) is 3.83. The summed E-state index contributed by atoms with van der Waals surface area (Å²) in [5, 5.41) is 5.83. The molecule has 0 aliphatic carbocycles. The first-order chi connectivity index (χ1) is 9.49. The number of aromatic nitrogens is 3. The Morgan fingerprint density at radius 3 is 2.40 bits per heavy atom. The van der Waals surface area contributed by atoms with Crippen LogP contribution in [0, 0.1) is 10.5 Å². The lowest BCUT2D eigenvalue weighted by Crippen LogP contribution is -1.97. The maximum absolute atomic E-state index is 6.45. The molecule has 3 nitrogen and oxygen atoms in total. The van der Waals surface area contributed by atoms with Gasteiger partial charge in [-0.25, -0.2) is 9.50 Å². The van der Waals surface area contributed by atoms with Gasteiger partial charge in [0.15, 0.2) is 5.65 Å². The number of benzene rings is 1. The van der Waals surface area contributed by atoms with Crippen molar-refractivity contribution in [1.82, 2.24) is 14.6 Å². The Labute approximate surface area is 144 Å². The van der Waals surface area contributed by atoms with Gasteiger partial charge >= 0.3 is 0 Å². The maximum Gasteiger partial charge on any atom is 0.172 e. The number of nitrogens with zero attached hydrogens (tertiary/aromatic N) is 3. The predicted molar refractivity (Wildman–Crippen MR) is 90.9 cm³/mol. The van der Waals surface area contributed by atoms with Crippen LogP contribution in [-0.4, -0.2) is 14.6 Å². The highest BCUT2D eigenvalue weighted by molar-refractivity contribution is 14.1. The number of hydrogen-bond acceptors (Lipinski definition) is 2. The van der Waals surface area contributed by atoms with E-state index in [-0.39, 0.29) is 0 Å². The van der Waals surface area contributed by atoms with Crippen LogP contribution in [-0.2, 0) is 0 Å². The van der Waals surface area contributed by atoms with Gasteiger partial charge in [0.2, 0.25) is 0 Å². The average Bonchev–Trinajstić information content (AvgIpc) is 2.69. The lowest BCUT2D eigenvalue weighted by molar-refractivity contribution is 0.919. The molecular formula is C13H7Cl3IN3. The largest absolute Gasteiger partial charge is 0.215 e. The molecule has 0 N–H and O–H groups in total. The van der Waals surface area contributed by atoms with Crippen LogP contribution in [0.1, 0.15) is 5.69 Å². The van der Waals surface area contributed by atoms with Crippen molar-refractivity contribution in [2.24, 2.45) is 0 Å².